The molecule has 1 amide bonds. The number of fused-ring (bicyclic) bond motifs is 1. The number of anilines is 1. The maximum absolute atomic E-state index is 14.3. The van der Waals surface area contributed by atoms with Gasteiger partial charge in [-0.2, -0.15) is 0 Å². The van der Waals surface area contributed by atoms with E-state index in [1.54, 1.807) is 0 Å². The van der Waals surface area contributed by atoms with Crippen LogP contribution in [0.15, 0.2) is 58.5 Å². The Morgan fingerprint density at radius 1 is 1.11 bits per heavy atom. The van der Waals surface area contributed by atoms with Gasteiger partial charge in [0.05, 0.1) is 5.56 Å². The fraction of sp³-hybridized carbons (Fsp3) is 0.150. The normalized spacial score (nSPS) is 15.8. The molecule has 4 rings (SSSR count). The Labute approximate surface area is 163 Å². The molecule has 0 aliphatic carbocycles. The summed E-state index contributed by atoms with van der Waals surface area (Å²) in [6.45, 7) is 0. The van der Waals surface area contributed by atoms with Crippen molar-refractivity contribution < 1.29 is 13.6 Å². The lowest BCUT2D eigenvalue weighted by molar-refractivity contribution is -0.116. The zero-order chi connectivity index (χ0) is 19.7. The van der Waals surface area contributed by atoms with Crippen LogP contribution in [0.1, 0.15) is 29.0 Å². The molecule has 28 heavy (non-hydrogen) atoms. The van der Waals surface area contributed by atoms with Crippen LogP contribution in [0, 0.1) is 11.6 Å². The molecule has 3 aromatic rings. The molecule has 0 unspecified atom stereocenters. The average Bonchev–Trinajstić information content (AvgIpc) is 2.68. The van der Waals surface area contributed by atoms with Crippen LogP contribution in [-0.2, 0) is 10.5 Å². The first-order chi connectivity index (χ1) is 13.5. The van der Waals surface area contributed by atoms with Gasteiger partial charge in [0.15, 0.2) is 5.16 Å². The van der Waals surface area contributed by atoms with Gasteiger partial charge < -0.3 is 10.3 Å². The number of halogens is 2. The molecule has 5 nitrogen and oxygen atoms in total. The van der Waals surface area contributed by atoms with Crippen molar-refractivity contribution in [3.63, 3.8) is 0 Å². The number of hydrogen-bond donors (Lipinski definition) is 2. The third-order valence-corrected chi connectivity index (χ3v) is 5.43. The number of amides is 1. The Morgan fingerprint density at radius 2 is 1.89 bits per heavy atom. The molecule has 142 valence electrons. The molecule has 0 spiro atoms. The van der Waals surface area contributed by atoms with E-state index in [1.165, 1.54) is 11.8 Å². The van der Waals surface area contributed by atoms with Gasteiger partial charge in [0.2, 0.25) is 5.91 Å². The standard InChI is InChI=1S/C20H15F2N3O2S/c21-12-6-7-15(22)13(8-12)14-9-16(26)23-18-17(14)19(27)25-20(24-18)28-10-11-4-2-1-3-5-11/h1-8,14H,9-10H2,(H2,23,24,25,26,27)/t14-/m1/s1. The summed E-state index contributed by atoms with van der Waals surface area (Å²) in [6, 6.07) is 12.6. The molecule has 0 saturated carbocycles. The lowest BCUT2D eigenvalue weighted by Crippen LogP contribution is -2.31. The number of hydrogen-bond acceptors (Lipinski definition) is 4. The van der Waals surface area contributed by atoms with Crippen LogP contribution < -0.4 is 10.9 Å². The summed E-state index contributed by atoms with van der Waals surface area (Å²) in [6.07, 6.45) is -0.158. The molecule has 0 bridgehead atoms. The molecule has 1 aliphatic rings. The van der Waals surface area contributed by atoms with Crippen molar-refractivity contribution in [2.75, 3.05) is 5.32 Å². The summed E-state index contributed by atoms with van der Waals surface area (Å²) < 4.78 is 27.9. The predicted molar refractivity (Wildman–Crippen MR) is 102 cm³/mol. The molecular weight excluding hydrogens is 384 g/mol. The largest absolute Gasteiger partial charge is 0.310 e. The van der Waals surface area contributed by atoms with Gasteiger partial charge in [-0.1, -0.05) is 42.1 Å². The van der Waals surface area contributed by atoms with Gasteiger partial charge in [-0.05, 0) is 29.3 Å². The zero-order valence-electron chi connectivity index (χ0n) is 14.5. The molecule has 2 heterocycles. The number of H-pyrrole nitrogens is 1. The maximum Gasteiger partial charge on any atom is 0.257 e. The molecule has 2 N–H and O–H groups in total. The number of aromatic amines is 1. The van der Waals surface area contributed by atoms with Gasteiger partial charge in [-0.15, -0.1) is 0 Å². The number of carbonyl (C=O) groups is 1. The van der Waals surface area contributed by atoms with Crippen molar-refractivity contribution in [2.45, 2.75) is 23.2 Å². The Bertz CT molecular complexity index is 1100. The Hall–Kier alpha value is -3.00. The maximum atomic E-state index is 14.3. The molecule has 0 radical (unpaired) electrons. The summed E-state index contributed by atoms with van der Waals surface area (Å²) >= 11 is 1.31. The molecule has 2 aromatic carbocycles. The van der Waals surface area contributed by atoms with Crippen LogP contribution in [0.2, 0.25) is 0 Å². The number of aromatic nitrogens is 2. The first kappa shape index (κ1) is 18.4. The van der Waals surface area contributed by atoms with Crippen LogP contribution >= 0.6 is 11.8 Å². The Kier molecular flexibility index (Phi) is 4.95. The number of thioether (sulfide) groups is 1. The zero-order valence-corrected chi connectivity index (χ0v) is 15.4. The Balaban J connectivity index is 1.70. The van der Waals surface area contributed by atoms with Crippen molar-refractivity contribution in [2.24, 2.45) is 0 Å². The molecule has 0 fully saturated rings. The van der Waals surface area contributed by atoms with Crippen LogP contribution in [0.3, 0.4) is 0 Å². The molecule has 0 saturated heterocycles. The summed E-state index contributed by atoms with van der Waals surface area (Å²) in [5.74, 6) is -1.94. The second-order valence-electron chi connectivity index (χ2n) is 6.38. The monoisotopic (exact) mass is 399 g/mol. The third kappa shape index (κ3) is 3.68. The molecule has 1 aromatic heterocycles. The minimum Gasteiger partial charge on any atom is -0.310 e. The predicted octanol–water partition coefficient (Wildman–Crippen LogP) is 3.81. The third-order valence-electron chi connectivity index (χ3n) is 4.48. The SMILES string of the molecule is O=C1C[C@H](c2cc(F)ccc2F)c2c(nc(SCc3ccccc3)[nH]c2=O)N1. The van der Waals surface area contributed by atoms with Gasteiger partial charge >= 0.3 is 0 Å². The highest BCUT2D eigenvalue weighted by Gasteiger charge is 2.32. The second kappa shape index (κ2) is 7.55. The summed E-state index contributed by atoms with van der Waals surface area (Å²) in [4.78, 5) is 31.8. The number of carbonyl (C=O) groups excluding carboxylic acids is 1. The minimum atomic E-state index is -0.899. The first-order valence-electron chi connectivity index (χ1n) is 8.57. The molecular formula is C20H15F2N3O2S. The molecule has 1 atom stereocenters. The fourth-order valence-electron chi connectivity index (χ4n) is 3.19. The van der Waals surface area contributed by atoms with E-state index >= 15 is 0 Å². The summed E-state index contributed by atoms with van der Waals surface area (Å²) in [7, 11) is 0. The van der Waals surface area contributed by atoms with Gasteiger partial charge in [0, 0.05) is 18.1 Å². The van der Waals surface area contributed by atoms with E-state index < -0.39 is 29.0 Å². The number of rotatable bonds is 4. The smallest absolute Gasteiger partial charge is 0.257 e. The van der Waals surface area contributed by atoms with Crippen LogP contribution in [0.4, 0.5) is 14.6 Å². The summed E-state index contributed by atoms with van der Waals surface area (Å²) in [5.41, 5.74) is 0.673. The quantitative estimate of drug-likeness (QED) is 0.517. The number of nitrogens with one attached hydrogen (secondary N) is 2. The van der Waals surface area contributed by atoms with E-state index in [0.717, 1.165) is 23.8 Å². The van der Waals surface area contributed by atoms with E-state index in [4.69, 9.17) is 0 Å². The highest BCUT2D eigenvalue weighted by Crippen LogP contribution is 2.36. The minimum absolute atomic E-state index is 0.0342. The van der Waals surface area contributed by atoms with Crippen molar-refractivity contribution in [3.05, 3.63) is 87.2 Å². The highest BCUT2D eigenvalue weighted by molar-refractivity contribution is 7.98. The van der Waals surface area contributed by atoms with Crippen LogP contribution in [0.25, 0.3) is 0 Å². The number of benzene rings is 2. The van der Waals surface area contributed by atoms with Gasteiger partial charge in [-0.3, -0.25) is 9.59 Å². The van der Waals surface area contributed by atoms with Gasteiger partial charge in [-0.25, -0.2) is 13.8 Å². The second-order valence-corrected chi connectivity index (χ2v) is 7.34. The van der Waals surface area contributed by atoms with Gasteiger partial charge in [0.1, 0.15) is 17.5 Å². The van der Waals surface area contributed by atoms with E-state index in [9.17, 15) is 18.4 Å². The van der Waals surface area contributed by atoms with Crippen molar-refractivity contribution in [3.8, 4) is 0 Å². The lowest BCUT2D eigenvalue weighted by Gasteiger charge is -2.24. The molecule has 8 heteroatoms. The summed E-state index contributed by atoms with van der Waals surface area (Å²) in [5, 5.41) is 2.91. The first-order valence-corrected chi connectivity index (χ1v) is 9.55. The van der Waals surface area contributed by atoms with Crippen LogP contribution in [-0.4, -0.2) is 15.9 Å². The van der Waals surface area contributed by atoms with Crippen molar-refractivity contribution >= 4 is 23.5 Å². The van der Waals surface area contributed by atoms with E-state index in [-0.39, 0.29) is 23.4 Å². The fourth-order valence-corrected chi connectivity index (χ4v) is 4.01. The van der Waals surface area contributed by atoms with Crippen molar-refractivity contribution in [1.29, 1.82) is 0 Å². The topological polar surface area (TPSA) is 74.8 Å². The van der Waals surface area contributed by atoms with E-state index in [1.807, 2.05) is 30.3 Å². The number of nitrogens with zero attached hydrogens (tertiary/aromatic N) is 1. The average molecular weight is 399 g/mol. The molecule has 1 aliphatic heterocycles. The highest BCUT2D eigenvalue weighted by atomic mass is 32.2. The van der Waals surface area contributed by atoms with Crippen LogP contribution in [0.5, 0.6) is 0 Å². The van der Waals surface area contributed by atoms with Crippen molar-refractivity contribution in [1.82, 2.24) is 9.97 Å². The van der Waals surface area contributed by atoms with E-state index in [2.05, 4.69) is 15.3 Å². The lowest BCUT2D eigenvalue weighted by atomic mass is 9.86. The van der Waals surface area contributed by atoms with E-state index in [0.29, 0.717) is 10.9 Å². The Morgan fingerprint density at radius 3 is 2.68 bits per heavy atom. The van der Waals surface area contributed by atoms with Gasteiger partial charge in [0.25, 0.3) is 5.56 Å².